The standard InChI is InChI=1S/C30H36N8O4/c1-20(2)12-16-37-24-25(34(3)29(42)38(26(24)40)18-23(39)21-9-5-4-6-10-21)33-28(37)35-14-8-13-30(32,19-35)27(41)36-15-7-11-22(36)17-31/h4-6,9-10,12,22H,7-8,11,13-16,18-19,32H2,1-3H3. The number of amides is 1. The van der Waals surface area contributed by atoms with E-state index in [9.17, 15) is 24.4 Å². The Hall–Kier alpha value is -4.50. The predicted octanol–water partition coefficient (Wildman–Crippen LogP) is 1.56. The molecule has 1 amide bonds. The molecule has 0 radical (unpaired) electrons. The molecule has 12 heteroatoms. The average Bonchev–Trinajstić information content (AvgIpc) is 3.62. The Morgan fingerprint density at radius 2 is 1.88 bits per heavy atom. The second-order valence-electron chi connectivity index (χ2n) is 11.5. The minimum atomic E-state index is -1.23. The first-order chi connectivity index (χ1) is 20.1. The molecule has 2 saturated heterocycles. The lowest BCUT2D eigenvalue weighted by Crippen LogP contribution is -2.64. The summed E-state index contributed by atoms with van der Waals surface area (Å²) in [5, 5.41) is 9.54. The van der Waals surface area contributed by atoms with Gasteiger partial charge in [0.25, 0.3) is 5.56 Å². The zero-order valence-corrected chi connectivity index (χ0v) is 24.2. The van der Waals surface area contributed by atoms with Crippen LogP contribution in [0.2, 0.25) is 0 Å². The zero-order valence-electron chi connectivity index (χ0n) is 24.2. The van der Waals surface area contributed by atoms with Crippen molar-refractivity contribution in [3.05, 3.63) is 68.4 Å². The number of piperidine rings is 1. The van der Waals surface area contributed by atoms with Crippen molar-refractivity contribution in [3.63, 3.8) is 0 Å². The minimum Gasteiger partial charge on any atom is -0.340 e. The molecule has 0 aliphatic carbocycles. The molecular weight excluding hydrogens is 536 g/mol. The molecule has 2 aliphatic rings. The van der Waals surface area contributed by atoms with Crippen LogP contribution in [0, 0.1) is 11.3 Å². The number of rotatable bonds is 7. The number of nitrogens with two attached hydrogens (primary N) is 1. The van der Waals surface area contributed by atoms with Crippen LogP contribution in [0.15, 0.2) is 51.6 Å². The van der Waals surface area contributed by atoms with E-state index in [-0.39, 0.29) is 29.4 Å². The molecule has 1 aromatic carbocycles. The number of hydrogen-bond donors (Lipinski definition) is 1. The third-order valence-corrected chi connectivity index (χ3v) is 8.19. The summed E-state index contributed by atoms with van der Waals surface area (Å²) in [6.07, 6.45) is 4.40. The van der Waals surface area contributed by atoms with Crippen LogP contribution >= 0.6 is 0 Å². The smallest absolute Gasteiger partial charge is 0.332 e. The fraction of sp³-hybridized carbons (Fsp3) is 0.467. The van der Waals surface area contributed by atoms with Crippen LogP contribution in [0.1, 0.15) is 49.9 Å². The highest BCUT2D eigenvalue weighted by Crippen LogP contribution is 2.30. The number of fused-ring (bicyclic) bond motifs is 1. The largest absolute Gasteiger partial charge is 0.340 e. The highest BCUT2D eigenvalue weighted by Gasteiger charge is 2.45. The summed E-state index contributed by atoms with van der Waals surface area (Å²) in [4.78, 5) is 62.1. The van der Waals surface area contributed by atoms with Crippen LogP contribution in [-0.4, -0.2) is 66.5 Å². The SMILES string of the molecule is CC(C)=CCn1c(N2CCCC(N)(C(=O)N3CCCC3C#N)C2)nc2c1c(=O)n(CC(=O)c1ccccc1)c(=O)n2C. The molecule has 42 heavy (non-hydrogen) atoms. The van der Waals surface area contributed by atoms with E-state index >= 15 is 0 Å². The van der Waals surface area contributed by atoms with Gasteiger partial charge in [-0.1, -0.05) is 42.0 Å². The quantitative estimate of drug-likeness (QED) is 0.331. The number of carbonyl (C=O) groups excluding carboxylic acids is 2. The number of aryl methyl sites for hydroxylation is 1. The third kappa shape index (κ3) is 5.16. The van der Waals surface area contributed by atoms with Crippen molar-refractivity contribution in [2.45, 2.75) is 64.2 Å². The van der Waals surface area contributed by atoms with E-state index in [0.717, 1.165) is 16.6 Å². The van der Waals surface area contributed by atoms with Crippen LogP contribution in [0.25, 0.3) is 11.2 Å². The van der Waals surface area contributed by atoms with E-state index in [1.165, 1.54) is 11.6 Å². The molecule has 220 valence electrons. The van der Waals surface area contributed by atoms with E-state index in [2.05, 4.69) is 6.07 Å². The number of ketones is 1. The minimum absolute atomic E-state index is 0.146. The zero-order chi connectivity index (χ0) is 30.2. The molecule has 4 heterocycles. The van der Waals surface area contributed by atoms with Gasteiger partial charge in [0.2, 0.25) is 11.9 Å². The molecule has 5 rings (SSSR count). The lowest BCUT2D eigenvalue weighted by atomic mass is 9.88. The number of anilines is 1. The van der Waals surface area contributed by atoms with Crippen LogP contribution in [0.5, 0.6) is 0 Å². The highest BCUT2D eigenvalue weighted by molar-refractivity contribution is 5.96. The predicted molar refractivity (Wildman–Crippen MR) is 158 cm³/mol. The molecule has 0 saturated carbocycles. The van der Waals surface area contributed by atoms with Crippen molar-refractivity contribution in [2.24, 2.45) is 12.8 Å². The molecule has 12 nitrogen and oxygen atoms in total. The third-order valence-electron chi connectivity index (χ3n) is 8.19. The average molecular weight is 573 g/mol. The van der Waals surface area contributed by atoms with Crippen LogP contribution in [0.4, 0.5) is 5.95 Å². The number of allylic oxidation sites excluding steroid dienone is 2. The van der Waals surface area contributed by atoms with Crippen LogP contribution < -0.4 is 21.9 Å². The van der Waals surface area contributed by atoms with Gasteiger partial charge in [-0.15, -0.1) is 0 Å². The number of nitrogens with zero attached hydrogens (tertiary/aromatic N) is 7. The van der Waals surface area contributed by atoms with E-state index in [4.69, 9.17) is 10.7 Å². The lowest BCUT2D eigenvalue weighted by Gasteiger charge is -2.41. The number of hydrogen-bond acceptors (Lipinski definition) is 8. The van der Waals surface area contributed by atoms with E-state index in [0.29, 0.717) is 50.4 Å². The Morgan fingerprint density at radius 1 is 1.14 bits per heavy atom. The summed E-state index contributed by atoms with van der Waals surface area (Å²) in [6.45, 7) is 4.95. The van der Waals surface area contributed by atoms with Gasteiger partial charge in [-0.25, -0.2) is 4.79 Å². The number of carbonyl (C=O) groups is 2. The lowest BCUT2D eigenvalue weighted by molar-refractivity contribution is -0.137. The summed E-state index contributed by atoms with van der Waals surface area (Å²) in [7, 11) is 1.53. The Morgan fingerprint density at radius 3 is 2.57 bits per heavy atom. The molecule has 2 fully saturated rings. The molecule has 2 aliphatic heterocycles. The monoisotopic (exact) mass is 572 g/mol. The Balaban J connectivity index is 1.59. The second-order valence-corrected chi connectivity index (χ2v) is 11.5. The van der Waals surface area contributed by atoms with Crippen molar-refractivity contribution in [3.8, 4) is 6.07 Å². The molecule has 2 atom stereocenters. The van der Waals surface area contributed by atoms with E-state index in [1.807, 2.05) is 24.8 Å². The fourth-order valence-electron chi connectivity index (χ4n) is 5.91. The van der Waals surface area contributed by atoms with Crippen molar-refractivity contribution < 1.29 is 9.59 Å². The highest BCUT2D eigenvalue weighted by atomic mass is 16.2. The number of Topliss-reactive ketones (excluding diaryl/α,β-unsaturated/α-hetero) is 1. The van der Waals surface area contributed by atoms with Gasteiger partial charge in [-0.3, -0.25) is 23.5 Å². The Labute approximate surface area is 243 Å². The van der Waals surface area contributed by atoms with Crippen molar-refractivity contribution in [1.29, 1.82) is 5.26 Å². The maximum Gasteiger partial charge on any atom is 0.332 e. The summed E-state index contributed by atoms with van der Waals surface area (Å²) < 4.78 is 3.96. The van der Waals surface area contributed by atoms with Gasteiger partial charge in [0.1, 0.15) is 11.6 Å². The van der Waals surface area contributed by atoms with Crippen LogP contribution in [-0.2, 0) is 24.9 Å². The number of likely N-dealkylation sites (tertiary alicyclic amines) is 1. The van der Waals surface area contributed by atoms with Crippen molar-refractivity contribution in [2.75, 3.05) is 24.5 Å². The first kappa shape index (κ1) is 29.0. The van der Waals surface area contributed by atoms with Gasteiger partial charge in [0.05, 0.1) is 12.6 Å². The topological polar surface area (TPSA) is 152 Å². The number of nitriles is 1. The van der Waals surface area contributed by atoms with Gasteiger partial charge in [-0.2, -0.15) is 10.2 Å². The first-order valence-corrected chi connectivity index (χ1v) is 14.2. The molecule has 2 N–H and O–H groups in total. The Bertz CT molecular complexity index is 1720. The Kier molecular flexibility index (Phi) is 7.88. The molecule has 2 aromatic heterocycles. The van der Waals surface area contributed by atoms with Gasteiger partial charge < -0.3 is 20.1 Å². The van der Waals surface area contributed by atoms with Gasteiger partial charge in [0.15, 0.2) is 16.9 Å². The van der Waals surface area contributed by atoms with Crippen molar-refractivity contribution in [1.82, 2.24) is 23.6 Å². The summed E-state index contributed by atoms with van der Waals surface area (Å²) in [5.41, 5.74) is 6.07. The molecule has 3 aromatic rings. The van der Waals surface area contributed by atoms with Gasteiger partial charge in [0, 0.05) is 38.8 Å². The number of aromatic nitrogens is 4. The molecular formula is C30H36N8O4. The van der Waals surface area contributed by atoms with Gasteiger partial charge >= 0.3 is 5.69 Å². The summed E-state index contributed by atoms with van der Waals surface area (Å²) in [5.74, 6) is -0.190. The number of benzene rings is 1. The summed E-state index contributed by atoms with van der Waals surface area (Å²) >= 11 is 0. The first-order valence-electron chi connectivity index (χ1n) is 14.2. The van der Waals surface area contributed by atoms with Crippen molar-refractivity contribution >= 4 is 28.8 Å². The molecule has 0 bridgehead atoms. The normalized spacial score (nSPS) is 20.5. The molecule has 2 unspecified atom stereocenters. The van der Waals surface area contributed by atoms with Crippen LogP contribution in [0.3, 0.4) is 0 Å². The van der Waals surface area contributed by atoms with Gasteiger partial charge in [-0.05, 0) is 39.5 Å². The maximum absolute atomic E-state index is 13.9. The van der Waals surface area contributed by atoms with E-state index in [1.54, 1.807) is 39.8 Å². The summed E-state index contributed by atoms with van der Waals surface area (Å²) in [6, 6.07) is 10.3. The fourth-order valence-corrected chi connectivity index (χ4v) is 5.91. The van der Waals surface area contributed by atoms with E-state index < -0.39 is 29.4 Å². The number of imidazole rings is 1. The molecule has 0 spiro atoms. The maximum atomic E-state index is 13.9. The second kappa shape index (κ2) is 11.4.